The van der Waals surface area contributed by atoms with Crippen LogP contribution in [0.1, 0.15) is 0 Å². The van der Waals surface area contributed by atoms with Gasteiger partial charge in [0.05, 0.1) is 23.0 Å². The SMILES string of the molecule is Cn1cnc2ccc(-c3cc4cnc(OCC(F)(F)F)nc4n(-c4ccc(OC(F)F)cc4)c3=O)cc21. The monoisotopic (exact) mass is 517 g/mol. The van der Waals surface area contributed by atoms with Crippen LogP contribution in [0.4, 0.5) is 22.0 Å². The van der Waals surface area contributed by atoms with E-state index < -0.39 is 31.0 Å². The van der Waals surface area contributed by atoms with Gasteiger partial charge in [0.1, 0.15) is 5.75 Å². The van der Waals surface area contributed by atoms with Crippen molar-refractivity contribution in [1.82, 2.24) is 24.1 Å². The molecule has 0 saturated heterocycles. The Labute approximate surface area is 204 Å². The summed E-state index contributed by atoms with van der Waals surface area (Å²) in [6, 6.07) is 11.3. The number of alkyl halides is 5. The van der Waals surface area contributed by atoms with Crippen LogP contribution in [0.15, 0.2) is 65.8 Å². The van der Waals surface area contributed by atoms with Crippen LogP contribution in [-0.2, 0) is 7.05 Å². The maximum Gasteiger partial charge on any atom is 0.422 e. The fourth-order valence-electron chi connectivity index (χ4n) is 3.81. The lowest BCUT2D eigenvalue weighted by Crippen LogP contribution is -2.23. The van der Waals surface area contributed by atoms with Gasteiger partial charge in [0, 0.05) is 24.2 Å². The molecule has 0 spiro atoms. The molecule has 3 aromatic heterocycles. The van der Waals surface area contributed by atoms with Crippen LogP contribution in [0.5, 0.6) is 11.8 Å². The van der Waals surface area contributed by atoms with Gasteiger partial charge in [-0.25, -0.2) is 9.97 Å². The average molecular weight is 517 g/mol. The van der Waals surface area contributed by atoms with E-state index in [1.807, 2.05) is 0 Å². The standard InChI is InChI=1S/C24H16F5N5O3/c1-33-12-31-18-7-2-13(9-19(18)33)17-8-14-10-30-23(36-11-24(27,28)29)32-20(14)34(21(17)35)15-3-5-16(6-4-15)37-22(25)26/h2-10,12,22H,11H2,1H3. The van der Waals surface area contributed by atoms with E-state index in [2.05, 4.69) is 24.4 Å². The Hall–Kier alpha value is -4.55. The molecular weight excluding hydrogens is 501 g/mol. The Morgan fingerprint density at radius 2 is 1.78 bits per heavy atom. The molecule has 0 amide bonds. The van der Waals surface area contributed by atoms with Gasteiger partial charge in [-0.05, 0) is 48.0 Å². The third kappa shape index (κ3) is 4.92. The Balaban J connectivity index is 1.70. The molecule has 0 saturated carbocycles. The van der Waals surface area contributed by atoms with Crippen molar-refractivity contribution in [3.8, 4) is 28.6 Å². The lowest BCUT2D eigenvalue weighted by atomic mass is 10.0. The minimum atomic E-state index is -4.62. The highest BCUT2D eigenvalue weighted by molar-refractivity contribution is 5.86. The van der Waals surface area contributed by atoms with Crippen LogP contribution in [0.3, 0.4) is 0 Å². The number of hydrogen-bond donors (Lipinski definition) is 0. The first-order valence-electron chi connectivity index (χ1n) is 10.7. The molecule has 37 heavy (non-hydrogen) atoms. The van der Waals surface area contributed by atoms with Gasteiger partial charge in [0.15, 0.2) is 12.3 Å². The quantitative estimate of drug-likeness (QED) is 0.299. The number of pyridine rings is 1. The van der Waals surface area contributed by atoms with Crippen molar-refractivity contribution in [3.05, 3.63) is 71.4 Å². The first-order valence-corrected chi connectivity index (χ1v) is 10.7. The number of hydrogen-bond acceptors (Lipinski definition) is 6. The third-order valence-electron chi connectivity index (χ3n) is 5.44. The summed E-state index contributed by atoms with van der Waals surface area (Å²) in [5.74, 6) is -0.141. The number of aromatic nitrogens is 5. The predicted molar refractivity (Wildman–Crippen MR) is 123 cm³/mol. The van der Waals surface area contributed by atoms with Crippen LogP contribution in [-0.4, -0.2) is 43.5 Å². The van der Waals surface area contributed by atoms with Crippen molar-refractivity contribution in [1.29, 1.82) is 0 Å². The van der Waals surface area contributed by atoms with Gasteiger partial charge in [-0.1, -0.05) is 6.07 Å². The summed E-state index contributed by atoms with van der Waals surface area (Å²) in [6.07, 6.45) is -1.75. The van der Waals surface area contributed by atoms with Crippen molar-refractivity contribution < 1.29 is 31.4 Å². The maximum absolute atomic E-state index is 13.7. The minimum absolute atomic E-state index is 0.0370. The third-order valence-corrected chi connectivity index (χ3v) is 5.44. The number of rotatable bonds is 6. The van der Waals surface area contributed by atoms with Crippen LogP contribution in [0.25, 0.3) is 38.9 Å². The van der Waals surface area contributed by atoms with Crippen LogP contribution < -0.4 is 15.0 Å². The number of ether oxygens (including phenoxy) is 2. The Morgan fingerprint density at radius 3 is 2.49 bits per heavy atom. The Bertz CT molecular complexity index is 1660. The molecule has 3 heterocycles. The highest BCUT2D eigenvalue weighted by atomic mass is 19.4. The van der Waals surface area contributed by atoms with Crippen LogP contribution >= 0.6 is 0 Å². The Kier molecular flexibility index (Phi) is 5.97. The van der Waals surface area contributed by atoms with E-state index in [-0.39, 0.29) is 22.6 Å². The van der Waals surface area contributed by atoms with Crippen LogP contribution in [0.2, 0.25) is 0 Å². The largest absolute Gasteiger partial charge is 0.454 e. The van der Waals surface area contributed by atoms with Crippen molar-refractivity contribution >= 4 is 22.1 Å². The van der Waals surface area contributed by atoms with E-state index >= 15 is 0 Å². The summed E-state index contributed by atoms with van der Waals surface area (Å²) in [7, 11) is 1.80. The Morgan fingerprint density at radius 1 is 1.03 bits per heavy atom. The highest BCUT2D eigenvalue weighted by Gasteiger charge is 2.29. The fraction of sp³-hybridized carbons (Fsp3) is 0.167. The lowest BCUT2D eigenvalue weighted by molar-refractivity contribution is -0.154. The minimum Gasteiger partial charge on any atom is -0.454 e. The molecular formula is C24H16F5N5O3. The molecule has 0 aliphatic carbocycles. The van der Waals surface area contributed by atoms with E-state index in [1.54, 1.807) is 36.1 Å². The number of aryl methyl sites for hydroxylation is 1. The second-order valence-electron chi connectivity index (χ2n) is 7.97. The van der Waals surface area contributed by atoms with Crippen molar-refractivity contribution in [2.45, 2.75) is 12.8 Å². The average Bonchev–Trinajstić information content (AvgIpc) is 3.22. The van der Waals surface area contributed by atoms with E-state index in [9.17, 15) is 26.7 Å². The maximum atomic E-state index is 13.7. The summed E-state index contributed by atoms with van der Waals surface area (Å²) < 4.78 is 75.0. The van der Waals surface area contributed by atoms with E-state index in [1.165, 1.54) is 36.5 Å². The molecule has 190 valence electrons. The van der Waals surface area contributed by atoms with Crippen molar-refractivity contribution in [3.63, 3.8) is 0 Å². The smallest absolute Gasteiger partial charge is 0.422 e. The topological polar surface area (TPSA) is 84.1 Å². The zero-order chi connectivity index (χ0) is 26.3. The van der Waals surface area contributed by atoms with Crippen LogP contribution in [0, 0.1) is 0 Å². The molecule has 2 aromatic carbocycles. The molecule has 0 radical (unpaired) electrons. The molecule has 13 heteroatoms. The fourth-order valence-corrected chi connectivity index (χ4v) is 3.81. The van der Waals surface area contributed by atoms with Gasteiger partial charge in [-0.3, -0.25) is 9.36 Å². The highest BCUT2D eigenvalue weighted by Crippen LogP contribution is 2.27. The van der Waals surface area contributed by atoms with Gasteiger partial charge in [0.2, 0.25) is 0 Å². The predicted octanol–water partition coefficient (Wildman–Crippen LogP) is 4.88. The number of benzene rings is 2. The summed E-state index contributed by atoms with van der Waals surface area (Å²) in [6.45, 7) is -4.66. The molecule has 0 atom stereocenters. The first kappa shape index (κ1) is 24.2. The molecule has 5 aromatic rings. The molecule has 0 bridgehead atoms. The summed E-state index contributed by atoms with van der Waals surface area (Å²) >= 11 is 0. The summed E-state index contributed by atoms with van der Waals surface area (Å²) in [4.78, 5) is 25.9. The van der Waals surface area contributed by atoms with E-state index in [0.717, 1.165) is 15.6 Å². The molecule has 0 aliphatic rings. The molecule has 0 N–H and O–H groups in total. The molecule has 0 aliphatic heterocycles. The second kappa shape index (κ2) is 9.15. The van der Waals surface area contributed by atoms with E-state index in [4.69, 9.17) is 0 Å². The molecule has 0 unspecified atom stereocenters. The summed E-state index contributed by atoms with van der Waals surface area (Å²) in [5.41, 5.74) is 1.89. The van der Waals surface area contributed by atoms with Gasteiger partial charge in [-0.15, -0.1) is 0 Å². The molecule has 8 nitrogen and oxygen atoms in total. The van der Waals surface area contributed by atoms with Crippen molar-refractivity contribution in [2.75, 3.05) is 6.61 Å². The summed E-state index contributed by atoms with van der Waals surface area (Å²) in [5, 5.41) is 0.326. The zero-order valence-corrected chi connectivity index (χ0v) is 18.9. The number of imidazole rings is 1. The molecule has 0 fully saturated rings. The number of halogens is 5. The van der Waals surface area contributed by atoms with E-state index in [0.29, 0.717) is 10.9 Å². The lowest BCUT2D eigenvalue weighted by Gasteiger charge is -2.14. The van der Waals surface area contributed by atoms with Gasteiger partial charge in [0.25, 0.3) is 5.56 Å². The van der Waals surface area contributed by atoms with Gasteiger partial charge >= 0.3 is 18.8 Å². The van der Waals surface area contributed by atoms with Gasteiger partial charge < -0.3 is 14.0 Å². The van der Waals surface area contributed by atoms with Crippen molar-refractivity contribution in [2.24, 2.45) is 7.05 Å². The number of fused-ring (bicyclic) bond motifs is 2. The van der Waals surface area contributed by atoms with Gasteiger partial charge in [-0.2, -0.15) is 26.9 Å². The second-order valence-corrected chi connectivity index (χ2v) is 7.97. The zero-order valence-electron chi connectivity index (χ0n) is 18.9. The normalized spacial score (nSPS) is 12.0. The first-order chi connectivity index (χ1) is 17.6. The number of nitrogens with zero attached hydrogens (tertiary/aromatic N) is 5. The molecule has 5 rings (SSSR count).